The first-order valence-corrected chi connectivity index (χ1v) is 7.50. The lowest BCUT2D eigenvalue weighted by atomic mass is 10.1. The Hall–Kier alpha value is -1.88. The van der Waals surface area contributed by atoms with Crippen LogP contribution in [0.25, 0.3) is 0 Å². The highest BCUT2D eigenvalue weighted by Gasteiger charge is 2.26. The van der Waals surface area contributed by atoms with Crippen LogP contribution in [-0.2, 0) is 6.42 Å². The molecule has 2 aromatic rings. The minimum absolute atomic E-state index is 0.0395. The van der Waals surface area contributed by atoms with Gasteiger partial charge in [0, 0.05) is 7.05 Å². The molecule has 1 heterocycles. The number of anilines is 1. The number of fused-ring (bicyclic) bond motifs is 1. The van der Waals surface area contributed by atoms with Crippen LogP contribution in [0.15, 0.2) is 24.3 Å². The number of hydrogen-bond donors (Lipinski definition) is 2. The standard InChI is InChI=1S/C15H17N3OS/c1-9-13(15(16-2)20-18-9)14(19)17-12-8-7-10-5-3-4-6-11(10)12/h3-6,12,16H,7-8H2,1-2H3,(H,17,19)/t12-/m1/s1. The molecule has 0 saturated heterocycles. The molecule has 4 nitrogen and oxygen atoms in total. The molecule has 1 amide bonds. The summed E-state index contributed by atoms with van der Waals surface area (Å²) < 4.78 is 4.25. The van der Waals surface area contributed by atoms with E-state index in [-0.39, 0.29) is 11.9 Å². The van der Waals surface area contributed by atoms with Crippen LogP contribution in [0, 0.1) is 6.92 Å². The number of benzene rings is 1. The van der Waals surface area contributed by atoms with Gasteiger partial charge in [-0.2, -0.15) is 4.37 Å². The summed E-state index contributed by atoms with van der Waals surface area (Å²) in [7, 11) is 1.81. The molecule has 1 aromatic heterocycles. The van der Waals surface area contributed by atoms with Gasteiger partial charge >= 0.3 is 0 Å². The molecule has 0 saturated carbocycles. The number of carbonyl (C=O) groups excluding carboxylic acids is 1. The lowest BCUT2D eigenvalue weighted by Crippen LogP contribution is -2.27. The van der Waals surface area contributed by atoms with Gasteiger partial charge in [0.2, 0.25) is 0 Å². The quantitative estimate of drug-likeness (QED) is 0.912. The van der Waals surface area contributed by atoms with Crippen LogP contribution in [0.4, 0.5) is 5.00 Å². The molecule has 0 bridgehead atoms. The van der Waals surface area contributed by atoms with Gasteiger partial charge in [-0.15, -0.1) is 0 Å². The van der Waals surface area contributed by atoms with Crippen molar-refractivity contribution in [3.63, 3.8) is 0 Å². The van der Waals surface area contributed by atoms with Gasteiger partial charge in [-0.25, -0.2) is 0 Å². The molecule has 2 N–H and O–H groups in total. The van der Waals surface area contributed by atoms with Crippen molar-refractivity contribution >= 4 is 22.4 Å². The average Bonchev–Trinajstić information content (AvgIpc) is 3.03. The second-order valence-corrected chi connectivity index (χ2v) is 5.76. The smallest absolute Gasteiger partial charge is 0.256 e. The molecular formula is C15H17N3OS. The monoisotopic (exact) mass is 287 g/mol. The van der Waals surface area contributed by atoms with Crippen molar-refractivity contribution in [3.05, 3.63) is 46.6 Å². The summed E-state index contributed by atoms with van der Waals surface area (Å²) in [6, 6.07) is 8.43. The number of aromatic nitrogens is 1. The average molecular weight is 287 g/mol. The van der Waals surface area contributed by atoms with Crippen molar-refractivity contribution in [3.8, 4) is 0 Å². The van der Waals surface area contributed by atoms with E-state index in [0.717, 1.165) is 23.5 Å². The normalized spacial score (nSPS) is 16.8. The fourth-order valence-corrected chi connectivity index (χ4v) is 3.49. The second-order valence-electron chi connectivity index (χ2n) is 4.99. The maximum Gasteiger partial charge on any atom is 0.256 e. The molecule has 1 aliphatic carbocycles. The lowest BCUT2D eigenvalue weighted by molar-refractivity contribution is 0.0937. The Balaban J connectivity index is 1.82. The molecule has 20 heavy (non-hydrogen) atoms. The number of carbonyl (C=O) groups is 1. The van der Waals surface area contributed by atoms with E-state index in [9.17, 15) is 4.79 Å². The fraction of sp³-hybridized carbons (Fsp3) is 0.333. The van der Waals surface area contributed by atoms with Crippen molar-refractivity contribution in [2.45, 2.75) is 25.8 Å². The number of nitrogens with zero attached hydrogens (tertiary/aromatic N) is 1. The van der Waals surface area contributed by atoms with Crippen LogP contribution >= 0.6 is 11.5 Å². The molecule has 1 atom stereocenters. The lowest BCUT2D eigenvalue weighted by Gasteiger charge is -2.14. The zero-order valence-corrected chi connectivity index (χ0v) is 12.4. The Bertz CT molecular complexity index is 650. The highest BCUT2D eigenvalue weighted by molar-refractivity contribution is 7.10. The van der Waals surface area contributed by atoms with Gasteiger partial charge in [0.25, 0.3) is 5.91 Å². The van der Waals surface area contributed by atoms with Crippen LogP contribution in [0.3, 0.4) is 0 Å². The Morgan fingerprint density at radius 1 is 1.40 bits per heavy atom. The zero-order valence-electron chi connectivity index (χ0n) is 11.6. The number of rotatable bonds is 3. The van der Waals surface area contributed by atoms with Crippen LogP contribution in [0.1, 0.15) is 39.6 Å². The summed E-state index contributed by atoms with van der Waals surface area (Å²) in [6.45, 7) is 1.87. The van der Waals surface area contributed by atoms with Crippen molar-refractivity contribution in [2.75, 3.05) is 12.4 Å². The summed E-state index contributed by atoms with van der Waals surface area (Å²) in [5.41, 5.74) is 4.03. The Labute approximate surface area is 122 Å². The highest BCUT2D eigenvalue weighted by atomic mass is 32.1. The van der Waals surface area contributed by atoms with Gasteiger partial charge in [0.05, 0.1) is 17.3 Å². The van der Waals surface area contributed by atoms with E-state index in [2.05, 4.69) is 33.2 Å². The third-order valence-electron chi connectivity index (χ3n) is 3.76. The predicted octanol–water partition coefficient (Wildman–Crippen LogP) is 2.91. The maximum absolute atomic E-state index is 12.5. The number of amides is 1. The van der Waals surface area contributed by atoms with Gasteiger partial charge in [0.1, 0.15) is 5.00 Å². The highest BCUT2D eigenvalue weighted by Crippen LogP contribution is 2.32. The van der Waals surface area contributed by atoms with Gasteiger partial charge in [-0.05, 0) is 42.4 Å². The van der Waals surface area contributed by atoms with Crippen molar-refractivity contribution in [1.29, 1.82) is 0 Å². The largest absolute Gasteiger partial charge is 0.378 e. The molecule has 1 aromatic carbocycles. The van der Waals surface area contributed by atoms with E-state index in [1.807, 2.05) is 20.0 Å². The summed E-state index contributed by atoms with van der Waals surface area (Å²) in [6.07, 6.45) is 2.00. The van der Waals surface area contributed by atoms with E-state index in [0.29, 0.717) is 5.56 Å². The van der Waals surface area contributed by atoms with E-state index in [1.54, 1.807) is 0 Å². The van der Waals surface area contributed by atoms with Crippen molar-refractivity contribution < 1.29 is 4.79 Å². The van der Waals surface area contributed by atoms with Gasteiger partial charge in [-0.3, -0.25) is 4.79 Å². The number of nitrogens with one attached hydrogen (secondary N) is 2. The predicted molar refractivity (Wildman–Crippen MR) is 81.4 cm³/mol. The van der Waals surface area contributed by atoms with Gasteiger partial charge in [0.15, 0.2) is 0 Å². The molecule has 1 aliphatic rings. The van der Waals surface area contributed by atoms with Crippen molar-refractivity contribution in [2.24, 2.45) is 0 Å². The third kappa shape index (κ3) is 2.18. The molecule has 5 heteroatoms. The molecule has 0 spiro atoms. The van der Waals surface area contributed by atoms with E-state index in [1.165, 1.54) is 22.7 Å². The van der Waals surface area contributed by atoms with E-state index >= 15 is 0 Å². The van der Waals surface area contributed by atoms with Gasteiger partial charge in [-0.1, -0.05) is 24.3 Å². The van der Waals surface area contributed by atoms with Gasteiger partial charge < -0.3 is 10.6 Å². The summed E-state index contributed by atoms with van der Waals surface area (Å²) in [4.78, 5) is 12.5. The Morgan fingerprint density at radius 2 is 2.20 bits per heavy atom. The van der Waals surface area contributed by atoms with Crippen LogP contribution in [0.2, 0.25) is 0 Å². The molecule has 104 valence electrons. The number of aryl methyl sites for hydroxylation is 2. The Morgan fingerprint density at radius 3 is 3.00 bits per heavy atom. The van der Waals surface area contributed by atoms with E-state index in [4.69, 9.17) is 0 Å². The van der Waals surface area contributed by atoms with Crippen molar-refractivity contribution in [1.82, 2.24) is 9.69 Å². The number of hydrogen-bond acceptors (Lipinski definition) is 4. The topological polar surface area (TPSA) is 54.0 Å². The fourth-order valence-electron chi connectivity index (χ4n) is 2.75. The first-order valence-electron chi connectivity index (χ1n) is 6.73. The van der Waals surface area contributed by atoms with Crippen LogP contribution in [0.5, 0.6) is 0 Å². The van der Waals surface area contributed by atoms with Crippen LogP contribution < -0.4 is 10.6 Å². The Kier molecular flexibility index (Phi) is 3.44. The first-order chi connectivity index (χ1) is 9.70. The summed E-state index contributed by atoms with van der Waals surface area (Å²) >= 11 is 1.33. The first kappa shape index (κ1) is 13.1. The van der Waals surface area contributed by atoms with Crippen LogP contribution in [-0.4, -0.2) is 17.3 Å². The molecule has 0 aliphatic heterocycles. The molecule has 3 rings (SSSR count). The minimum atomic E-state index is -0.0395. The van der Waals surface area contributed by atoms with E-state index < -0.39 is 0 Å². The molecule has 0 unspecified atom stereocenters. The zero-order chi connectivity index (χ0) is 14.1. The summed E-state index contributed by atoms with van der Waals surface area (Å²) in [5, 5.41) is 7.00. The third-order valence-corrected chi connectivity index (χ3v) is 4.71. The second kappa shape index (κ2) is 5.25. The molecular weight excluding hydrogens is 270 g/mol. The maximum atomic E-state index is 12.5. The molecule has 0 radical (unpaired) electrons. The molecule has 0 fully saturated rings. The SMILES string of the molecule is CNc1snc(C)c1C(=O)N[C@@H]1CCc2ccccc21. The minimum Gasteiger partial charge on any atom is -0.378 e. The summed E-state index contributed by atoms with van der Waals surface area (Å²) in [5.74, 6) is -0.0395.